The van der Waals surface area contributed by atoms with Crippen LogP contribution in [0.4, 0.5) is 0 Å². The Kier molecular flexibility index (Phi) is 3.21. The first-order valence-electron chi connectivity index (χ1n) is 6.57. The molecular weight excluding hydrogens is 246 g/mol. The van der Waals surface area contributed by atoms with Gasteiger partial charge in [-0.05, 0) is 11.6 Å². The normalized spacial score (nSPS) is 10.4. The van der Waals surface area contributed by atoms with Crippen molar-refractivity contribution in [1.82, 2.24) is 4.57 Å². The first-order chi connectivity index (χ1) is 9.75. The Morgan fingerprint density at radius 3 is 2.10 bits per heavy atom. The van der Waals surface area contributed by atoms with Gasteiger partial charge in [0.2, 0.25) is 0 Å². The van der Waals surface area contributed by atoms with Crippen molar-refractivity contribution in [1.29, 1.82) is 0 Å². The number of rotatable bonds is 3. The Labute approximate surface area is 118 Å². The van der Waals surface area contributed by atoms with Crippen LogP contribution in [0.25, 0.3) is 11.3 Å². The van der Waals surface area contributed by atoms with E-state index in [4.69, 9.17) is 0 Å². The maximum Gasteiger partial charge on any atom is 0.194 e. The number of benzene rings is 2. The minimum atomic E-state index is 0.0587. The summed E-state index contributed by atoms with van der Waals surface area (Å²) in [7, 11) is 1.96. The Bertz CT molecular complexity index is 727. The van der Waals surface area contributed by atoms with Crippen LogP contribution in [0.3, 0.4) is 0 Å². The summed E-state index contributed by atoms with van der Waals surface area (Å²) in [6, 6.07) is 21.4. The predicted molar refractivity (Wildman–Crippen MR) is 80.7 cm³/mol. The van der Waals surface area contributed by atoms with Crippen LogP contribution in [0.15, 0.2) is 72.9 Å². The van der Waals surface area contributed by atoms with Gasteiger partial charge in [-0.2, -0.15) is 0 Å². The molecule has 2 aromatic carbocycles. The summed E-state index contributed by atoms with van der Waals surface area (Å²) in [5.74, 6) is 0.0587. The summed E-state index contributed by atoms with van der Waals surface area (Å²) in [6.07, 6.45) is 1.89. The van der Waals surface area contributed by atoms with E-state index in [1.54, 1.807) is 0 Å². The molecule has 0 saturated carbocycles. The van der Waals surface area contributed by atoms with Crippen LogP contribution in [0.1, 0.15) is 15.9 Å². The van der Waals surface area contributed by atoms with Crippen LogP contribution >= 0.6 is 0 Å². The van der Waals surface area contributed by atoms with Crippen molar-refractivity contribution in [2.45, 2.75) is 0 Å². The van der Waals surface area contributed by atoms with E-state index in [9.17, 15) is 4.79 Å². The summed E-state index contributed by atoms with van der Waals surface area (Å²) in [5, 5.41) is 0. The van der Waals surface area contributed by atoms with Gasteiger partial charge in [-0.15, -0.1) is 0 Å². The fourth-order valence-corrected chi connectivity index (χ4v) is 2.34. The van der Waals surface area contributed by atoms with Gasteiger partial charge < -0.3 is 4.57 Å². The third-order valence-corrected chi connectivity index (χ3v) is 3.37. The molecule has 0 amide bonds. The van der Waals surface area contributed by atoms with Crippen molar-refractivity contribution in [3.8, 4) is 11.3 Å². The van der Waals surface area contributed by atoms with E-state index in [-0.39, 0.29) is 5.78 Å². The van der Waals surface area contributed by atoms with Crippen LogP contribution in [0, 0.1) is 0 Å². The zero-order chi connectivity index (χ0) is 13.9. The molecule has 3 aromatic rings. The summed E-state index contributed by atoms with van der Waals surface area (Å²) < 4.78 is 1.99. The molecule has 0 aliphatic rings. The van der Waals surface area contributed by atoms with Gasteiger partial charge in [0.25, 0.3) is 0 Å². The zero-order valence-corrected chi connectivity index (χ0v) is 11.3. The Morgan fingerprint density at radius 1 is 0.850 bits per heavy atom. The first kappa shape index (κ1) is 12.4. The third kappa shape index (κ3) is 2.28. The monoisotopic (exact) mass is 261 g/mol. The second-order valence-electron chi connectivity index (χ2n) is 4.79. The molecule has 0 N–H and O–H groups in total. The van der Waals surface area contributed by atoms with Crippen molar-refractivity contribution >= 4 is 5.78 Å². The first-order valence-corrected chi connectivity index (χ1v) is 6.57. The molecule has 0 atom stereocenters. The van der Waals surface area contributed by atoms with Crippen LogP contribution in [-0.4, -0.2) is 10.4 Å². The fraction of sp³-hybridized carbons (Fsp3) is 0.0556. The van der Waals surface area contributed by atoms with Crippen molar-refractivity contribution in [3.05, 3.63) is 84.1 Å². The minimum absolute atomic E-state index is 0.0587. The second-order valence-corrected chi connectivity index (χ2v) is 4.79. The van der Waals surface area contributed by atoms with Gasteiger partial charge in [-0.1, -0.05) is 60.7 Å². The number of ketones is 1. The van der Waals surface area contributed by atoms with Crippen LogP contribution in [0.2, 0.25) is 0 Å². The van der Waals surface area contributed by atoms with Gasteiger partial charge in [0.15, 0.2) is 5.78 Å². The molecule has 98 valence electrons. The Hall–Kier alpha value is -2.61. The predicted octanol–water partition coefficient (Wildman–Crippen LogP) is 3.92. The van der Waals surface area contributed by atoms with Crippen molar-refractivity contribution in [3.63, 3.8) is 0 Å². The molecule has 0 aliphatic heterocycles. The molecule has 2 heteroatoms. The summed E-state index contributed by atoms with van der Waals surface area (Å²) in [5.41, 5.74) is 3.60. The van der Waals surface area contributed by atoms with Gasteiger partial charge in [-0.25, -0.2) is 0 Å². The van der Waals surface area contributed by atoms with Gasteiger partial charge >= 0.3 is 0 Å². The maximum atomic E-state index is 12.4. The average molecular weight is 261 g/mol. The molecule has 20 heavy (non-hydrogen) atoms. The topological polar surface area (TPSA) is 22.0 Å². The van der Waals surface area contributed by atoms with Gasteiger partial charge in [0.05, 0.1) is 0 Å². The number of nitrogens with zero attached hydrogens (tertiary/aromatic N) is 1. The van der Waals surface area contributed by atoms with Gasteiger partial charge in [-0.3, -0.25) is 4.79 Å². The van der Waals surface area contributed by atoms with Crippen molar-refractivity contribution in [2.24, 2.45) is 7.05 Å². The largest absolute Gasteiger partial charge is 0.350 e. The highest BCUT2D eigenvalue weighted by Crippen LogP contribution is 2.22. The van der Waals surface area contributed by atoms with Crippen LogP contribution < -0.4 is 0 Å². The lowest BCUT2D eigenvalue weighted by Gasteiger charge is -2.01. The van der Waals surface area contributed by atoms with E-state index < -0.39 is 0 Å². The maximum absolute atomic E-state index is 12.4. The summed E-state index contributed by atoms with van der Waals surface area (Å²) in [6.45, 7) is 0. The average Bonchev–Trinajstić information content (AvgIpc) is 2.90. The fourth-order valence-electron chi connectivity index (χ4n) is 2.34. The van der Waals surface area contributed by atoms with Gasteiger partial charge in [0, 0.05) is 30.1 Å². The standard InChI is InChI=1S/C18H15NO/c1-19-13-16(18(20)15-10-6-3-7-11-15)12-17(19)14-8-4-2-5-9-14/h2-13H,1H3. The molecule has 0 spiro atoms. The molecule has 0 unspecified atom stereocenters. The molecule has 0 bridgehead atoms. The molecule has 0 fully saturated rings. The lowest BCUT2D eigenvalue weighted by molar-refractivity contribution is 0.103. The Balaban J connectivity index is 2.00. The molecule has 0 radical (unpaired) electrons. The van der Waals surface area contributed by atoms with E-state index in [1.807, 2.05) is 84.5 Å². The van der Waals surface area contributed by atoms with Gasteiger partial charge in [0.1, 0.15) is 0 Å². The van der Waals surface area contributed by atoms with Crippen molar-refractivity contribution in [2.75, 3.05) is 0 Å². The highest BCUT2D eigenvalue weighted by Gasteiger charge is 2.13. The SMILES string of the molecule is Cn1cc(C(=O)c2ccccc2)cc1-c1ccccc1. The van der Waals surface area contributed by atoms with Crippen molar-refractivity contribution < 1.29 is 4.79 Å². The molecule has 2 nitrogen and oxygen atoms in total. The Morgan fingerprint density at radius 2 is 1.45 bits per heavy atom. The minimum Gasteiger partial charge on any atom is -0.350 e. The molecule has 1 aromatic heterocycles. The molecular formula is C18H15NO. The van der Waals surface area contributed by atoms with E-state index in [0.29, 0.717) is 0 Å². The smallest absolute Gasteiger partial charge is 0.194 e. The molecule has 3 rings (SSSR count). The number of carbonyl (C=O) groups is 1. The number of hydrogen-bond acceptors (Lipinski definition) is 1. The highest BCUT2D eigenvalue weighted by atomic mass is 16.1. The lowest BCUT2D eigenvalue weighted by atomic mass is 10.1. The number of hydrogen-bond donors (Lipinski definition) is 0. The summed E-state index contributed by atoms with van der Waals surface area (Å²) >= 11 is 0. The molecule has 1 heterocycles. The number of aromatic nitrogens is 1. The van der Waals surface area contributed by atoms with E-state index >= 15 is 0 Å². The van der Waals surface area contributed by atoms with E-state index in [1.165, 1.54) is 0 Å². The quantitative estimate of drug-likeness (QED) is 0.655. The molecule has 0 saturated heterocycles. The summed E-state index contributed by atoms with van der Waals surface area (Å²) in [4.78, 5) is 12.4. The number of aryl methyl sites for hydroxylation is 1. The van der Waals surface area contributed by atoms with Crippen LogP contribution in [-0.2, 0) is 7.05 Å². The number of carbonyl (C=O) groups excluding carboxylic acids is 1. The van der Waals surface area contributed by atoms with E-state index in [0.717, 1.165) is 22.4 Å². The van der Waals surface area contributed by atoms with E-state index in [2.05, 4.69) is 0 Å². The second kappa shape index (κ2) is 5.17. The highest BCUT2D eigenvalue weighted by molar-refractivity contribution is 6.09. The lowest BCUT2D eigenvalue weighted by Crippen LogP contribution is -1.99. The molecule has 0 aliphatic carbocycles. The van der Waals surface area contributed by atoms with Crippen LogP contribution in [0.5, 0.6) is 0 Å². The zero-order valence-electron chi connectivity index (χ0n) is 11.3. The third-order valence-electron chi connectivity index (χ3n) is 3.37.